The molecule has 236 valence electrons. The Kier molecular flexibility index (Phi) is 8.24. The first kappa shape index (κ1) is 30.6. The molecule has 3 fully saturated rings. The third-order valence-electron chi connectivity index (χ3n) is 8.91. The zero-order valence-electron chi connectivity index (χ0n) is 24.8. The van der Waals surface area contributed by atoms with Gasteiger partial charge in [0.05, 0.1) is 35.0 Å². The van der Waals surface area contributed by atoms with Gasteiger partial charge in [-0.2, -0.15) is 13.2 Å². The molecule has 2 N–H and O–H groups in total. The van der Waals surface area contributed by atoms with Gasteiger partial charge < -0.3 is 24.7 Å². The first-order valence-corrected chi connectivity index (χ1v) is 16.7. The molecule has 8 nitrogen and oxygen atoms in total. The van der Waals surface area contributed by atoms with Gasteiger partial charge in [-0.3, -0.25) is 4.90 Å². The molecule has 3 heterocycles. The maximum Gasteiger partial charge on any atom is 0.406 e. The fourth-order valence-corrected chi connectivity index (χ4v) is 7.26. The second-order valence-corrected chi connectivity index (χ2v) is 14.3. The summed E-state index contributed by atoms with van der Waals surface area (Å²) in [6.07, 6.45) is 0.908. The number of sulfone groups is 1. The molecular weight excluding hydrogens is 593 g/mol. The van der Waals surface area contributed by atoms with Gasteiger partial charge in [-0.1, -0.05) is 12.0 Å². The fourth-order valence-electron chi connectivity index (χ4n) is 6.62. The maximum atomic E-state index is 13.6. The van der Waals surface area contributed by atoms with Crippen LogP contribution in [0.25, 0.3) is 10.9 Å². The topological polar surface area (TPSA) is 84.8 Å². The lowest BCUT2D eigenvalue weighted by Crippen LogP contribution is -2.68. The number of halogens is 3. The first-order chi connectivity index (χ1) is 20.9. The number of rotatable bonds is 8. The van der Waals surface area contributed by atoms with Crippen LogP contribution in [0.1, 0.15) is 31.4 Å². The summed E-state index contributed by atoms with van der Waals surface area (Å²) in [5.74, 6) is 6.10. The quantitative estimate of drug-likeness (QED) is 0.334. The van der Waals surface area contributed by atoms with E-state index in [9.17, 15) is 21.6 Å². The largest absolute Gasteiger partial charge is 0.479 e. The van der Waals surface area contributed by atoms with E-state index < -0.39 is 22.6 Å². The number of aromatic nitrogens is 1. The minimum absolute atomic E-state index is 0.0973. The van der Waals surface area contributed by atoms with Crippen LogP contribution in [0.2, 0.25) is 0 Å². The number of hydrogen-bond donors (Lipinski definition) is 2. The number of fused-ring (bicyclic) bond motifs is 1. The number of nitrogens with zero attached hydrogens (tertiary/aromatic N) is 2. The van der Waals surface area contributed by atoms with E-state index in [1.165, 1.54) is 22.8 Å². The van der Waals surface area contributed by atoms with Crippen LogP contribution in [-0.4, -0.2) is 82.4 Å². The Morgan fingerprint density at radius 2 is 1.82 bits per heavy atom. The monoisotopic (exact) mass is 630 g/mol. The zero-order chi connectivity index (χ0) is 31.1. The predicted octanol–water partition coefficient (Wildman–Crippen LogP) is 5.13. The summed E-state index contributed by atoms with van der Waals surface area (Å²) in [6, 6.07) is 12.4. The Morgan fingerprint density at radius 1 is 1.07 bits per heavy atom. The number of likely N-dealkylation sites (tertiary alicyclic amines) is 1. The van der Waals surface area contributed by atoms with Gasteiger partial charge in [0.15, 0.2) is 9.84 Å². The second kappa shape index (κ2) is 11.8. The number of benzene rings is 2. The third kappa shape index (κ3) is 6.50. The molecule has 2 saturated heterocycles. The maximum absolute atomic E-state index is 13.6. The molecule has 1 aromatic heterocycles. The van der Waals surface area contributed by atoms with Gasteiger partial charge >= 0.3 is 6.18 Å². The van der Waals surface area contributed by atoms with Crippen LogP contribution >= 0.6 is 0 Å². The fraction of sp³-hybridized carbons (Fsp3) is 0.500. The summed E-state index contributed by atoms with van der Waals surface area (Å²) in [5.41, 5.74) is 2.39. The Hall–Kier alpha value is -3.40. The minimum Gasteiger partial charge on any atom is -0.479 e. The highest BCUT2D eigenvalue weighted by atomic mass is 32.2. The smallest absolute Gasteiger partial charge is 0.406 e. The summed E-state index contributed by atoms with van der Waals surface area (Å²) in [4.78, 5) is 2.72. The molecule has 1 spiro atoms. The summed E-state index contributed by atoms with van der Waals surface area (Å²) in [6.45, 7) is 2.77. The lowest BCUT2D eigenvalue weighted by Gasteiger charge is -2.58. The Labute approximate surface area is 255 Å². The number of hydrogen-bond acceptors (Lipinski definition) is 7. The van der Waals surface area contributed by atoms with Crippen LogP contribution in [0, 0.1) is 17.3 Å². The molecule has 0 radical (unpaired) electrons. The van der Waals surface area contributed by atoms with Crippen molar-refractivity contribution in [2.24, 2.45) is 5.41 Å². The average Bonchev–Trinajstić information content (AvgIpc) is 3.26. The molecular formula is C32H37F3N4O4S. The van der Waals surface area contributed by atoms with Gasteiger partial charge in [-0.05, 0) is 68.0 Å². The molecule has 0 atom stereocenters. The Morgan fingerprint density at radius 3 is 2.45 bits per heavy atom. The standard InChI is InChI=1S/C32H37F3N4O4S/c1-36-28-16-25(44(2,40)41)12-13-30(28)43-14-4-5-24-15-26-27(6-3-7-29(26)39(24)19-32(33,34)35)37-22-8-10-23(11-9-22)38-17-31(18-38)20-42-21-31/h3,6-7,12-13,15-16,22-23,36-37H,8-11,14,17-21H2,1-2H3/t22-,23-. The molecule has 1 saturated carbocycles. The lowest BCUT2D eigenvalue weighted by molar-refractivity contribution is -0.200. The van der Waals surface area contributed by atoms with Crippen molar-refractivity contribution in [2.45, 2.75) is 55.4 Å². The van der Waals surface area contributed by atoms with Crippen LogP contribution in [0.4, 0.5) is 24.5 Å². The van der Waals surface area contributed by atoms with Gasteiger partial charge in [0, 0.05) is 55.0 Å². The number of anilines is 2. The van der Waals surface area contributed by atoms with Gasteiger partial charge in [-0.25, -0.2) is 8.42 Å². The van der Waals surface area contributed by atoms with Crippen LogP contribution in [0.3, 0.4) is 0 Å². The van der Waals surface area contributed by atoms with Crippen LogP contribution < -0.4 is 15.4 Å². The summed E-state index contributed by atoms with van der Waals surface area (Å²) >= 11 is 0. The van der Waals surface area contributed by atoms with Crippen molar-refractivity contribution in [3.8, 4) is 17.6 Å². The van der Waals surface area contributed by atoms with Crippen molar-refractivity contribution in [2.75, 3.05) is 56.8 Å². The highest BCUT2D eigenvalue weighted by molar-refractivity contribution is 7.90. The molecule has 2 aromatic carbocycles. The van der Waals surface area contributed by atoms with Crippen molar-refractivity contribution >= 4 is 32.1 Å². The van der Waals surface area contributed by atoms with E-state index in [1.807, 2.05) is 6.07 Å². The van der Waals surface area contributed by atoms with E-state index in [2.05, 4.69) is 27.4 Å². The molecule has 12 heteroatoms. The van der Waals surface area contributed by atoms with E-state index in [0.717, 1.165) is 63.9 Å². The predicted molar refractivity (Wildman–Crippen MR) is 164 cm³/mol. The van der Waals surface area contributed by atoms with E-state index in [1.54, 1.807) is 25.2 Å². The third-order valence-corrected chi connectivity index (χ3v) is 10.0. The zero-order valence-corrected chi connectivity index (χ0v) is 25.7. The van der Waals surface area contributed by atoms with E-state index in [-0.39, 0.29) is 23.2 Å². The van der Waals surface area contributed by atoms with Gasteiger partial charge in [0.2, 0.25) is 0 Å². The van der Waals surface area contributed by atoms with E-state index >= 15 is 0 Å². The summed E-state index contributed by atoms with van der Waals surface area (Å²) < 4.78 is 77.0. The number of nitrogens with one attached hydrogen (secondary N) is 2. The molecule has 3 aromatic rings. The van der Waals surface area contributed by atoms with Crippen molar-refractivity contribution in [3.63, 3.8) is 0 Å². The Balaban J connectivity index is 1.16. The van der Waals surface area contributed by atoms with Crippen molar-refractivity contribution in [3.05, 3.63) is 48.2 Å². The van der Waals surface area contributed by atoms with Crippen molar-refractivity contribution < 1.29 is 31.1 Å². The van der Waals surface area contributed by atoms with E-state index in [4.69, 9.17) is 9.47 Å². The molecule has 44 heavy (non-hydrogen) atoms. The molecule has 2 aliphatic heterocycles. The normalized spacial score (nSPS) is 21.7. The molecule has 0 unspecified atom stereocenters. The Bertz CT molecular complexity index is 1690. The van der Waals surface area contributed by atoms with E-state index in [0.29, 0.717) is 33.8 Å². The number of alkyl halides is 3. The average molecular weight is 631 g/mol. The van der Waals surface area contributed by atoms with Crippen LogP contribution in [0.5, 0.6) is 5.75 Å². The minimum atomic E-state index is -4.43. The molecule has 3 aliphatic rings. The van der Waals surface area contributed by atoms with Crippen LogP contribution in [0.15, 0.2) is 47.4 Å². The van der Waals surface area contributed by atoms with Gasteiger partial charge in [0.1, 0.15) is 18.9 Å². The second-order valence-electron chi connectivity index (χ2n) is 12.3. The molecule has 0 bridgehead atoms. The van der Waals surface area contributed by atoms with Gasteiger partial charge in [0.25, 0.3) is 0 Å². The summed E-state index contributed by atoms with van der Waals surface area (Å²) in [7, 11) is -1.76. The molecule has 1 aliphatic carbocycles. The highest BCUT2D eigenvalue weighted by Crippen LogP contribution is 2.41. The van der Waals surface area contributed by atoms with Gasteiger partial charge in [-0.15, -0.1) is 0 Å². The first-order valence-electron chi connectivity index (χ1n) is 14.8. The number of ether oxygens (including phenoxy) is 2. The van der Waals surface area contributed by atoms with Crippen molar-refractivity contribution in [1.82, 2.24) is 9.47 Å². The summed E-state index contributed by atoms with van der Waals surface area (Å²) in [5, 5.41) is 7.22. The lowest BCUT2D eigenvalue weighted by atomic mass is 9.75. The van der Waals surface area contributed by atoms with Crippen molar-refractivity contribution in [1.29, 1.82) is 0 Å². The SMILES string of the molecule is CNc1cc(S(C)(=O)=O)ccc1OCC#Cc1cc2c(N[C@H]3CC[C@H](N4CC5(COC5)C4)CC3)cccc2n1CC(F)(F)F. The molecule has 0 amide bonds. The highest BCUT2D eigenvalue weighted by Gasteiger charge is 2.50. The van der Waals surface area contributed by atoms with Crippen LogP contribution in [-0.2, 0) is 21.1 Å². The molecule has 6 rings (SSSR count).